The van der Waals surface area contributed by atoms with E-state index in [1.54, 1.807) is 5.38 Å². The third-order valence-corrected chi connectivity index (χ3v) is 7.90. The second kappa shape index (κ2) is 10.6. The van der Waals surface area contributed by atoms with Crippen molar-refractivity contribution < 1.29 is 14.7 Å². The summed E-state index contributed by atoms with van der Waals surface area (Å²) in [7, 11) is 0. The maximum Gasteiger partial charge on any atom is 0.355 e. The molecule has 7 nitrogen and oxygen atoms in total. The van der Waals surface area contributed by atoms with Crippen LogP contribution in [0.25, 0.3) is 0 Å². The summed E-state index contributed by atoms with van der Waals surface area (Å²) in [5.74, 6) is -0.0277. The minimum Gasteiger partial charge on any atom is -0.476 e. The number of piperazine rings is 1. The lowest BCUT2D eigenvalue weighted by molar-refractivity contribution is -0.128. The Morgan fingerprint density at radius 1 is 1.16 bits per heavy atom. The summed E-state index contributed by atoms with van der Waals surface area (Å²) in [6, 6.07) is 10.9. The van der Waals surface area contributed by atoms with Crippen molar-refractivity contribution in [1.29, 1.82) is 0 Å². The Bertz CT molecular complexity index is 884. The standard InChI is InChI=1S/C22H28N4O3S2/c27-20-7-6-18(26(20)12-13-30-22-23-19(16-31-22)21(28)29)15-25-10-8-24(9-11-25)14-17-4-2-1-3-5-17/h1-5,16,18H,6-15H2,(H,28,29). The van der Waals surface area contributed by atoms with Gasteiger partial charge in [-0.2, -0.15) is 0 Å². The zero-order valence-electron chi connectivity index (χ0n) is 17.5. The molecule has 0 saturated carbocycles. The largest absolute Gasteiger partial charge is 0.476 e. The fraction of sp³-hybridized carbons (Fsp3) is 0.500. The quantitative estimate of drug-likeness (QED) is 0.577. The van der Waals surface area contributed by atoms with Gasteiger partial charge in [0.1, 0.15) is 0 Å². The number of benzene rings is 1. The van der Waals surface area contributed by atoms with E-state index in [1.165, 1.54) is 28.7 Å². The molecule has 2 aliphatic heterocycles. The number of hydrogen-bond acceptors (Lipinski definition) is 7. The zero-order valence-corrected chi connectivity index (χ0v) is 19.1. The summed E-state index contributed by atoms with van der Waals surface area (Å²) in [4.78, 5) is 34.5. The zero-order chi connectivity index (χ0) is 21.6. The molecule has 1 aromatic carbocycles. The van der Waals surface area contributed by atoms with E-state index in [-0.39, 0.29) is 17.6 Å². The van der Waals surface area contributed by atoms with Crippen LogP contribution in [0.2, 0.25) is 0 Å². The molecule has 3 heterocycles. The van der Waals surface area contributed by atoms with Crippen LogP contribution in [0.1, 0.15) is 28.9 Å². The number of likely N-dealkylation sites (tertiary alicyclic amines) is 1. The highest BCUT2D eigenvalue weighted by Gasteiger charge is 2.32. The molecule has 2 saturated heterocycles. The number of carbonyl (C=O) groups excluding carboxylic acids is 1. The van der Waals surface area contributed by atoms with E-state index in [9.17, 15) is 9.59 Å². The first-order chi connectivity index (χ1) is 15.1. The minimum absolute atomic E-state index is 0.0917. The molecule has 1 atom stereocenters. The fourth-order valence-corrected chi connectivity index (χ4v) is 6.02. The van der Waals surface area contributed by atoms with Crippen LogP contribution in [-0.2, 0) is 11.3 Å². The minimum atomic E-state index is -0.998. The molecule has 31 heavy (non-hydrogen) atoms. The molecule has 1 N–H and O–H groups in total. The van der Waals surface area contributed by atoms with Gasteiger partial charge in [-0.3, -0.25) is 14.6 Å². The van der Waals surface area contributed by atoms with Crippen LogP contribution in [0, 0.1) is 0 Å². The number of aromatic nitrogens is 1. The maximum absolute atomic E-state index is 12.4. The molecule has 0 radical (unpaired) electrons. The monoisotopic (exact) mass is 460 g/mol. The molecular formula is C22H28N4O3S2. The molecule has 0 aliphatic carbocycles. The van der Waals surface area contributed by atoms with Gasteiger partial charge in [0.15, 0.2) is 10.0 Å². The highest BCUT2D eigenvalue weighted by atomic mass is 32.2. The van der Waals surface area contributed by atoms with Gasteiger partial charge in [0, 0.05) is 69.4 Å². The van der Waals surface area contributed by atoms with Crippen LogP contribution in [-0.4, -0.2) is 87.7 Å². The Balaban J connectivity index is 1.21. The number of carboxylic acid groups (broad SMARTS) is 1. The highest BCUT2D eigenvalue weighted by molar-refractivity contribution is 8.01. The summed E-state index contributed by atoms with van der Waals surface area (Å²) in [5, 5.41) is 10.5. The molecule has 1 unspecified atom stereocenters. The first-order valence-electron chi connectivity index (χ1n) is 10.7. The van der Waals surface area contributed by atoms with Gasteiger partial charge < -0.3 is 10.0 Å². The van der Waals surface area contributed by atoms with Crippen molar-refractivity contribution in [3.8, 4) is 0 Å². The van der Waals surface area contributed by atoms with Crippen LogP contribution in [0.3, 0.4) is 0 Å². The van der Waals surface area contributed by atoms with Crippen LogP contribution >= 0.6 is 23.1 Å². The maximum atomic E-state index is 12.4. The van der Waals surface area contributed by atoms with E-state index in [0.717, 1.165) is 55.8 Å². The number of thioether (sulfide) groups is 1. The van der Waals surface area contributed by atoms with Crippen molar-refractivity contribution in [1.82, 2.24) is 19.7 Å². The predicted octanol–water partition coefficient (Wildman–Crippen LogP) is 2.74. The molecule has 2 aromatic rings. The van der Waals surface area contributed by atoms with E-state index in [2.05, 4.69) is 45.1 Å². The Kier molecular flexibility index (Phi) is 7.60. The second-order valence-corrected chi connectivity index (χ2v) is 10.2. The van der Waals surface area contributed by atoms with Crippen molar-refractivity contribution in [2.45, 2.75) is 29.8 Å². The third kappa shape index (κ3) is 6.06. The Labute approximate surface area is 191 Å². The number of carboxylic acids is 1. The molecule has 2 fully saturated rings. The van der Waals surface area contributed by atoms with Crippen LogP contribution < -0.4 is 0 Å². The average Bonchev–Trinajstić information content (AvgIpc) is 3.38. The molecule has 1 amide bonds. The van der Waals surface area contributed by atoms with Crippen molar-refractivity contribution in [3.05, 3.63) is 47.0 Å². The highest BCUT2D eigenvalue weighted by Crippen LogP contribution is 2.25. The van der Waals surface area contributed by atoms with Crippen molar-refractivity contribution in [2.24, 2.45) is 0 Å². The van der Waals surface area contributed by atoms with Crippen molar-refractivity contribution in [2.75, 3.05) is 45.0 Å². The van der Waals surface area contributed by atoms with Crippen LogP contribution in [0.5, 0.6) is 0 Å². The molecule has 2 aliphatic rings. The summed E-state index contributed by atoms with van der Waals surface area (Å²) in [6.07, 6.45) is 1.55. The molecular weight excluding hydrogens is 432 g/mol. The van der Waals surface area contributed by atoms with Gasteiger partial charge in [-0.25, -0.2) is 9.78 Å². The number of rotatable bonds is 9. The molecule has 4 rings (SSSR count). The van der Waals surface area contributed by atoms with E-state index in [4.69, 9.17) is 5.11 Å². The van der Waals surface area contributed by atoms with Crippen LogP contribution in [0.4, 0.5) is 0 Å². The summed E-state index contributed by atoms with van der Waals surface area (Å²) >= 11 is 2.87. The van der Waals surface area contributed by atoms with Crippen molar-refractivity contribution >= 4 is 35.0 Å². The number of aromatic carboxylic acids is 1. The Hall–Kier alpha value is -1.94. The van der Waals surface area contributed by atoms with E-state index in [0.29, 0.717) is 13.0 Å². The molecule has 0 bridgehead atoms. The Morgan fingerprint density at radius 2 is 1.90 bits per heavy atom. The topological polar surface area (TPSA) is 77.0 Å². The summed E-state index contributed by atoms with van der Waals surface area (Å²) < 4.78 is 0.745. The Morgan fingerprint density at radius 3 is 2.61 bits per heavy atom. The fourth-order valence-electron chi connectivity index (χ4n) is 4.21. The van der Waals surface area contributed by atoms with Gasteiger partial charge in [0.25, 0.3) is 0 Å². The molecule has 1 aromatic heterocycles. The van der Waals surface area contributed by atoms with Gasteiger partial charge >= 0.3 is 5.97 Å². The van der Waals surface area contributed by atoms with Gasteiger partial charge in [-0.1, -0.05) is 42.1 Å². The SMILES string of the molecule is O=C(O)c1csc(SCCN2C(=O)CCC2CN2CCN(Cc3ccccc3)CC2)n1. The predicted molar refractivity (Wildman–Crippen MR) is 123 cm³/mol. The van der Waals surface area contributed by atoms with Gasteiger partial charge in [-0.15, -0.1) is 11.3 Å². The van der Waals surface area contributed by atoms with Gasteiger partial charge in [0.05, 0.1) is 0 Å². The molecule has 0 spiro atoms. The number of carbonyl (C=O) groups is 2. The average molecular weight is 461 g/mol. The summed E-state index contributed by atoms with van der Waals surface area (Å²) in [6.45, 7) is 6.82. The number of hydrogen-bond donors (Lipinski definition) is 1. The number of nitrogens with zero attached hydrogens (tertiary/aromatic N) is 4. The van der Waals surface area contributed by atoms with E-state index in [1.807, 2.05) is 4.90 Å². The molecule has 166 valence electrons. The normalized spacial score (nSPS) is 20.5. The number of thiazole rings is 1. The van der Waals surface area contributed by atoms with Crippen molar-refractivity contribution in [3.63, 3.8) is 0 Å². The summed E-state index contributed by atoms with van der Waals surface area (Å²) in [5.41, 5.74) is 1.45. The smallest absolute Gasteiger partial charge is 0.355 e. The number of amides is 1. The third-order valence-electron chi connectivity index (χ3n) is 5.90. The van der Waals surface area contributed by atoms with Gasteiger partial charge in [0.2, 0.25) is 5.91 Å². The van der Waals surface area contributed by atoms with E-state index >= 15 is 0 Å². The van der Waals surface area contributed by atoms with E-state index < -0.39 is 5.97 Å². The van der Waals surface area contributed by atoms with Gasteiger partial charge in [-0.05, 0) is 12.0 Å². The second-order valence-electron chi connectivity index (χ2n) is 7.99. The lowest BCUT2D eigenvalue weighted by atomic mass is 10.1. The van der Waals surface area contributed by atoms with Crippen LogP contribution in [0.15, 0.2) is 40.1 Å². The lowest BCUT2D eigenvalue weighted by Crippen LogP contribution is -2.50. The lowest BCUT2D eigenvalue weighted by Gasteiger charge is -2.37. The first kappa shape index (κ1) is 22.3. The first-order valence-corrected chi connectivity index (χ1v) is 12.5. The molecule has 9 heteroatoms.